The van der Waals surface area contributed by atoms with Crippen LogP contribution in [0.1, 0.15) is 0 Å². The van der Waals surface area contributed by atoms with Crippen LogP contribution in [0.5, 0.6) is 0 Å². The van der Waals surface area contributed by atoms with E-state index in [0.29, 0.717) is 6.54 Å². The summed E-state index contributed by atoms with van der Waals surface area (Å²) in [6.45, 7) is 1.81. The van der Waals surface area contributed by atoms with Crippen molar-refractivity contribution in [3.63, 3.8) is 0 Å². The van der Waals surface area contributed by atoms with Gasteiger partial charge in [-0.15, -0.1) is 9.24 Å². The van der Waals surface area contributed by atoms with Crippen molar-refractivity contribution < 1.29 is 5.11 Å². The van der Waals surface area contributed by atoms with Gasteiger partial charge in [-0.2, -0.15) is 0 Å². The summed E-state index contributed by atoms with van der Waals surface area (Å²) in [4.78, 5) is 2.17. The number of nitrogens with one attached hydrogen (secondary N) is 1. The summed E-state index contributed by atoms with van der Waals surface area (Å²) >= 11 is 0. The van der Waals surface area contributed by atoms with E-state index in [0.717, 1.165) is 24.1 Å². The largest absolute Gasteiger partial charge is 0.395 e. The highest BCUT2D eigenvalue weighted by Crippen LogP contribution is 2.18. The Kier molecular flexibility index (Phi) is 5.44. The highest BCUT2D eigenvalue weighted by atomic mass is 31.0. The Hall–Kier alpha value is -0.790. The summed E-state index contributed by atoms with van der Waals surface area (Å²) in [6, 6.07) is 8.21. The molecular weight excluding hydrogens is 207 g/mol. The molecule has 0 aliphatic carbocycles. The highest BCUT2D eigenvalue weighted by Gasteiger charge is 2.04. The number of hydrogen-bond donors (Lipinski definition) is 2. The lowest BCUT2D eigenvalue weighted by atomic mass is 10.2. The maximum absolute atomic E-state index is 8.99. The van der Waals surface area contributed by atoms with Crippen molar-refractivity contribution in [1.29, 1.82) is 0 Å². The van der Waals surface area contributed by atoms with Gasteiger partial charge in [-0.05, 0) is 24.4 Å². The third-order valence-corrected chi connectivity index (χ3v) is 2.53. The fourth-order valence-corrected chi connectivity index (χ4v) is 1.82. The van der Waals surface area contributed by atoms with Crippen molar-refractivity contribution in [3.8, 4) is 0 Å². The van der Waals surface area contributed by atoms with Crippen molar-refractivity contribution in [2.24, 2.45) is 0 Å². The zero-order valence-corrected chi connectivity index (χ0v) is 10.3. The second-order valence-electron chi connectivity index (χ2n) is 3.30. The van der Waals surface area contributed by atoms with E-state index in [1.807, 2.05) is 19.2 Å². The van der Waals surface area contributed by atoms with Gasteiger partial charge in [0, 0.05) is 31.5 Å². The minimum atomic E-state index is 0.189. The molecule has 0 saturated heterocycles. The van der Waals surface area contributed by atoms with E-state index in [1.165, 1.54) is 0 Å². The molecule has 0 aliphatic rings. The molecule has 0 saturated carbocycles. The van der Waals surface area contributed by atoms with Crippen LogP contribution in [-0.4, -0.2) is 38.0 Å². The predicted octanol–water partition coefficient (Wildman–Crippen LogP) is 1.40. The van der Waals surface area contributed by atoms with Gasteiger partial charge in [-0.25, -0.2) is 0 Å². The molecule has 84 valence electrons. The summed E-state index contributed by atoms with van der Waals surface area (Å²) in [7, 11) is 4.62. The standard InChI is InChI=1S/C11H19N2OP/c1-12-10-3-2-4-11(9-10)13(5-7-14)6-8-15/h2-4,9,12,14H,5-8,15H2,1H3. The molecule has 0 amide bonds. The molecule has 0 radical (unpaired) electrons. The first-order valence-corrected chi connectivity index (χ1v) is 5.97. The Bertz CT molecular complexity index is 288. The summed E-state index contributed by atoms with van der Waals surface area (Å²) < 4.78 is 0. The maximum Gasteiger partial charge on any atom is 0.0606 e. The van der Waals surface area contributed by atoms with Crippen LogP contribution in [0, 0.1) is 0 Å². The third-order valence-electron chi connectivity index (χ3n) is 2.27. The fourth-order valence-electron chi connectivity index (χ4n) is 1.50. The van der Waals surface area contributed by atoms with Crippen LogP contribution in [-0.2, 0) is 0 Å². The Morgan fingerprint density at radius 1 is 1.40 bits per heavy atom. The van der Waals surface area contributed by atoms with Crippen molar-refractivity contribution in [2.45, 2.75) is 0 Å². The van der Waals surface area contributed by atoms with Gasteiger partial charge in [0.1, 0.15) is 0 Å². The van der Waals surface area contributed by atoms with Crippen LogP contribution < -0.4 is 10.2 Å². The van der Waals surface area contributed by atoms with Gasteiger partial charge >= 0.3 is 0 Å². The van der Waals surface area contributed by atoms with Gasteiger partial charge in [0.15, 0.2) is 0 Å². The number of rotatable bonds is 6. The van der Waals surface area contributed by atoms with E-state index in [1.54, 1.807) is 0 Å². The first-order valence-electron chi connectivity index (χ1n) is 5.15. The molecule has 15 heavy (non-hydrogen) atoms. The normalized spacial score (nSPS) is 10.1. The number of nitrogens with zero attached hydrogens (tertiary/aromatic N) is 1. The summed E-state index contributed by atoms with van der Waals surface area (Å²) in [5.41, 5.74) is 2.25. The van der Waals surface area contributed by atoms with Crippen LogP contribution in [0.15, 0.2) is 24.3 Å². The first-order chi connectivity index (χ1) is 7.31. The molecule has 3 nitrogen and oxygen atoms in total. The molecule has 0 heterocycles. The number of aliphatic hydroxyl groups excluding tert-OH is 1. The second-order valence-corrected chi connectivity index (χ2v) is 3.88. The average molecular weight is 226 g/mol. The lowest BCUT2D eigenvalue weighted by Gasteiger charge is -2.23. The Morgan fingerprint density at radius 2 is 2.20 bits per heavy atom. The Labute approximate surface area is 93.7 Å². The molecule has 0 aliphatic heterocycles. The van der Waals surface area contributed by atoms with E-state index in [2.05, 4.69) is 31.6 Å². The van der Waals surface area contributed by atoms with E-state index < -0.39 is 0 Å². The summed E-state index contributed by atoms with van der Waals surface area (Å²) in [5, 5.41) is 12.1. The Balaban J connectivity index is 2.79. The number of aliphatic hydroxyl groups is 1. The molecule has 1 unspecified atom stereocenters. The SMILES string of the molecule is CNc1cccc(N(CCO)CCP)c1. The molecule has 1 aromatic rings. The lowest BCUT2D eigenvalue weighted by Crippen LogP contribution is -2.28. The van der Waals surface area contributed by atoms with Gasteiger partial charge in [0.25, 0.3) is 0 Å². The van der Waals surface area contributed by atoms with Crippen molar-refractivity contribution in [2.75, 3.05) is 43.1 Å². The van der Waals surface area contributed by atoms with Crippen molar-refractivity contribution >= 4 is 20.6 Å². The zero-order chi connectivity index (χ0) is 11.1. The highest BCUT2D eigenvalue weighted by molar-refractivity contribution is 7.16. The topological polar surface area (TPSA) is 35.5 Å². The molecule has 0 bridgehead atoms. The van der Waals surface area contributed by atoms with Gasteiger partial charge in [-0.1, -0.05) is 6.07 Å². The number of benzene rings is 1. The van der Waals surface area contributed by atoms with Crippen LogP contribution >= 0.6 is 9.24 Å². The molecule has 1 rings (SSSR count). The molecule has 1 aromatic carbocycles. The van der Waals surface area contributed by atoms with E-state index >= 15 is 0 Å². The number of anilines is 2. The van der Waals surface area contributed by atoms with Crippen LogP contribution in [0.25, 0.3) is 0 Å². The van der Waals surface area contributed by atoms with Gasteiger partial charge in [0.2, 0.25) is 0 Å². The van der Waals surface area contributed by atoms with Crippen LogP contribution in [0.3, 0.4) is 0 Å². The van der Waals surface area contributed by atoms with Crippen molar-refractivity contribution in [3.05, 3.63) is 24.3 Å². The van der Waals surface area contributed by atoms with E-state index in [4.69, 9.17) is 5.11 Å². The van der Waals surface area contributed by atoms with E-state index in [-0.39, 0.29) is 6.61 Å². The van der Waals surface area contributed by atoms with Gasteiger partial charge in [-0.3, -0.25) is 0 Å². The molecule has 0 fully saturated rings. The van der Waals surface area contributed by atoms with Crippen LogP contribution in [0.4, 0.5) is 11.4 Å². The van der Waals surface area contributed by atoms with E-state index in [9.17, 15) is 0 Å². The van der Waals surface area contributed by atoms with Crippen molar-refractivity contribution in [1.82, 2.24) is 0 Å². The molecule has 0 aromatic heterocycles. The first kappa shape index (κ1) is 12.3. The monoisotopic (exact) mass is 226 g/mol. The molecule has 0 spiro atoms. The molecular formula is C11H19N2OP. The zero-order valence-electron chi connectivity index (χ0n) is 9.11. The predicted molar refractivity (Wildman–Crippen MR) is 69.9 cm³/mol. The summed E-state index contributed by atoms with van der Waals surface area (Å²) in [5.74, 6) is 0. The van der Waals surface area contributed by atoms with Gasteiger partial charge < -0.3 is 15.3 Å². The van der Waals surface area contributed by atoms with Gasteiger partial charge in [0.05, 0.1) is 6.61 Å². The van der Waals surface area contributed by atoms with Crippen LogP contribution in [0.2, 0.25) is 0 Å². The minimum Gasteiger partial charge on any atom is -0.395 e. The smallest absolute Gasteiger partial charge is 0.0606 e. The minimum absolute atomic E-state index is 0.189. The molecule has 2 N–H and O–H groups in total. The average Bonchev–Trinajstić information content (AvgIpc) is 2.29. The maximum atomic E-state index is 8.99. The summed E-state index contributed by atoms with van der Waals surface area (Å²) in [6.07, 6.45) is 1.00. The number of hydrogen-bond acceptors (Lipinski definition) is 3. The third kappa shape index (κ3) is 3.69. The molecule has 1 atom stereocenters. The second kappa shape index (κ2) is 6.65. The fraction of sp³-hybridized carbons (Fsp3) is 0.455. The quantitative estimate of drug-likeness (QED) is 0.720. The molecule has 4 heteroatoms. The lowest BCUT2D eigenvalue weighted by molar-refractivity contribution is 0.302. The Morgan fingerprint density at radius 3 is 2.80 bits per heavy atom.